The number of hydrogen-bond acceptors (Lipinski definition) is 4. The lowest BCUT2D eigenvalue weighted by atomic mass is 10.1. The summed E-state index contributed by atoms with van der Waals surface area (Å²) in [6.45, 7) is 4.28. The number of rotatable bonds is 5. The average molecular weight is 490 g/mol. The summed E-state index contributed by atoms with van der Waals surface area (Å²) in [6.07, 6.45) is 7.72. The topological polar surface area (TPSA) is 62.6 Å². The van der Waals surface area contributed by atoms with Crippen molar-refractivity contribution in [1.82, 2.24) is 14.4 Å². The van der Waals surface area contributed by atoms with E-state index in [0.717, 1.165) is 65.1 Å². The van der Waals surface area contributed by atoms with Gasteiger partial charge in [0.05, 0.1) is 4.91 Å². The Balaban J connectivity index is 1.67. The average Bonchev–Trinajstić information content (AvgIpc) is 3.20. The number of carbonyl (C=O) groups is 3. The maximum atomic E-state index is 12.8. The number of fused-ring (bicyclic) bond motifs is 1. The van der Waals surface area contributed by atoms with E-state index in [-0.39, 0.29) is 23.6 Å². The number of amides is 3. The van der Waals surface area contributed by atoms with E-state index >= 15 is 0 Å². The van der Waals surface area contributed by atoms with E-state index in [1.54, 1.807) is 6.08 Å². The lowest BCUT2D eigenvalue weighted by Crippen LogP contribution is -2.37. The Labute approximate surface area is 188 Å². The van der Waals surface area contributed by atoms with Gasteiger partial charge in [0.25, 0.3) is 11.1 Å². The summed E-state index contributed by atoms with van der Waals surface area (Å²) in [4.78, 5) is 41.3. The van der Waals surface area contributed by atoms with Crippen LogP contribution in [0, 0.1) is 0 Å². The smallest absolute Gasteiger partial charge is 0.293 e. The van der Waals surface area contributed by atoms with Crippen molar-refractivity contribution in [1.29, 1.82) is 0 Å². The van der Waals surface area contributed by atoms with Gasteiger partial charge in [-0.3, -0.25) is 19.3 Å². The number of thioether (sulfide) groups is 1. The van der Waals surface area contributed by atoms with Gasteiger partial charge in [-0.05, 0) is 61.7 Å². The molecule has 2 saturated heterocycles. The van der Waals surface area contributed by atoms with Crippen molar-refractivity contribution in [2.24, 2.45) is 0 Å². The second-order valence-corrected chi connectivity index (χ2v) is 9.56. The van der Waals surface area contributed by atoms with Gasteiger partial charge in [-0.1, -0.05) is 22.9 Å². The minimum atomic E-state index is -0.243. The molecular weight excluding hydrogens is 466 g/mol. The molecule has 3 heterocycles. The maximum absolute atomic E-state index is 12.8. The second-order valence-electron chi connectivity index (χ2n) is 7.65. The Morgan fingerprint density at radius 1 is 1.20 bits per heavy atom. The molecule has 30 heavy (non-hydrogen) atoms. The first kappa shape index (κ1) is 21.2. The van der Waals surface area contributed by atoms with Gasteiger partial charge >= 0.3 is 0 Å². The van der Waals surface area contributed by atoms with Crippen LogP contribution in [0.1, 0.15) is 38.2 Å². The predicted molar refractivity (Wildman–Crippen MR) is 123 cm³/mol. The van der Waals surface area contributed by atoms with Gasteiger partial charge in [0.15, 0.2) is 0 Å². The molecule has 1 aromatic heterocycles. The summed E-state index contributed by atoms with van der Waals surface area (Å²) >= 11 is 4.49. The van der Waals surface area contributed by atoms with Crippen LogP contribution in [0.5, 0.6) is 0 Å². The third kappa shape index (κ3) is 4.21. The van der Waals surface area contributed by atoms with E-state index in [1.807, 2.05) is 40.8 Å². The minimum absolute atomic E-state index is 0.115. The van der Waals surface area contributed by atoms with Crippen LogP contribution in [0.15, 0.2) is 33.8 Å². The fraction of sp³-hybridized carbons (Fsp3) is 0.409. The molecule has 1 aromatic carbocycles. The van der Waals surface area contributed by atoms with Crippen LogP contribution in [0.3, 0.4) is 0 Å². The normalized spacial score (nSPS) is 18.8. The summed E-state index contributed by atoms with van der Waals surface area (Å²) in [5, 5.41) is 0.719. The zero-order chi connectivity index (χ0) is 21.3. The Bertz CT molecular complexity index is 1040. The quantitative estimate of drug-likeness (QED) is 0.562. The van der Waals surface area contributed by atoms with Gasteiger partial charge in [-0.2, -0.15) is 0 Å². The van der Waals surface area contributed by atoms with E-state index in [0.29, 0.717) is 11.4 Å². The Morgan fingerprint density at radius 3 is 2.70 bits per heavy atom. The van der Waals surface area contributed by atoms with Crippen molar-refractivity contribution in [3.63, 3.8) is 0 Å². The van der Waals surface area contributed by atoms with Crippen LogP contribution < -0.4 is 0 Å². The molecule has 0 bridgehead atoms. The van der Waals surface area contributed by atoms with Gasteiger partial charge in [0.1, 0.15) is 6.54 Å². The zero-order valence-corrected chi connectivity index (χ0v) is 19.3. The van der Waals surface area contributed by atoms with Crippen LogP contribution in [0.2, 0.25) is 0 Å². The summed E-state index contributed by atoms with van der Waals surface area (Å²) < 4.78 is 2.87. The molecule has 2 aliphatic heterocycles. The molecule has 3 amide bonds. The van der Waals surface area contributed by atoms with Crippen LogP contribution in [-0.4, -0.2) is 51.1 Å². The largest absolute Gasteiger partial charge is 0.341 e. The molecule has 0 saturated carbocycles. The van der Waals surface area contributed by atoms with E-state index < -0.39 is 0 Å². The molecule has 6 nitrogen and oxygen atoms in total. The van der Waals surface area contributed by atoms with Crippen LogP contribution in [-0.2, 0) is 16.1 Å². The fourth-order valence-electron chi connectivity index (χ4n) is 3.99. The molecule has 0 radical (unpaired) electrons. The lowest BCUT2D eigenvalue weighted by molar-refractivity contribution is -0.132. The van der Waals surface area contributed by atoms with Crippen molar-refractivity contribution >= 4 is 61.7 Å². The van der Waals surface area contributed by atoms with Gasteiger partial charge < -0.3 is 9.47 Å². The van der Waals surface area contributed by atoms with Gasteiger partial charge in [0, 0.05) is 46.8 Å². The summed E-state index contributed by atoms with van der Waals surface area (Å²) in [5.74, 6) is -0.128. The van der Waals surface area contributed by atoms with Gasteiger partial charge in [-0.25, -0.2) is 0 Å². The highest BCUT2D eigenvalue weighted by atomic mass is 79.9. The molecule has 0 aliphatic carbocycles. The number of hydrogen-bond donors (Lipinski definition) is 0. The van der Waals surface area contributed by atoms with E-state index in [1.165, 1.54) is 11.3 Å². The number of carbonyl (C=O) groups excluding carboxylic acids is 3. The Morgan fingerprint density at radius 2 is 1.97 bits per heavy atom. The Hall–Kier alpha value is -2.06. The number of likely N-dealkylation sites (tertiary alicyclic amines) is 1. The van der Waals surface area contributed by atoms with Crippen molar-refractivity contribution in [3.8, 4) is 0 Å². The SMILES string of the molecule is CCCN1C(=O)S/C(=C\c2cn(CC(=O)N3CCCCC3)c3ccc(Br)cc23)C1=O. The molecule has 0 atom stereocenters. The first-order valence-electron chi connectivity index (χ1n) is 10.3. The number of nitrogens with zero attached hydrogens (tertiary/aromatic N) is 3. The highest BCUT2D eigenvalue weighted by molar-refractivity contribution is 9.10. The molecule has 0 spiro atoms. The van der Waals surface area contributed by atoms with Crippen molar-refractivity contribution in [2.45, 2.75) is 39.2 Å². The Kier molecular flexibility index (Phi) is 6.34. The highest BCUT2D eigenvalue weighted by Gasteiger charge is 2.34. The van der Waals surface area contributed by atoms with Crippen molar-refractivity contribution in [2.75, 3.05) is 19.6 Å². The van der Waals surface area contributed by atoms with E-state index in [2.05, 4.69) is 15.9 Å². The third-order valence-corrected chi connectivity index (χ3v) is 6.90. The minimum Gasteiger partial charge on any atom is -0.341 e. The molecule has 2 aromatic rings. The first-order chi connectivity index (χ1) is 14.5. The number of halogens is 1. The zero-order valence-electron chi connectivity index (χ0n) is 16.9. The molecule has 2 fully saturated rings. The van der Waals surface area contributed by atoms with Crippen LogP contribution >= 0.6 is 27.7 Å². The van der Waals surface area contributed by atoms with E-state index in [9.17, 15) is 14.4 Å². The number of aromatic nitrogens is 1. The molecule has 158 valence electrons. The molecule has 2 aliphatic rings. The molecule has 8 heteroatoms. The van der Waals surface area contributed by atoms with E-state index in [4.69, 9.17) is 0 Å². The number of piperidine rings is 1. The number of benzene rings is 1. The molecular formula is C22H24BrN3O3S. The first-order valence-corrected chi connectivity index (χ1v) is 11.9. The maximum Gasteiger partial charge on any atom is 0.293 e. The van der Waals surface area contributed by atoms with Crippen LogP contribution in [0.4, 0.5) is 4.79 Å². The summed E-state index contributed by atoms with van der Waals surface area (Å²) in [7, 11) is 0. The second kappa shape index (κ2) is 8.98. The highest BCUT2D eigenvalue weighted by Crippen LogP contribution is 2.35. The third-order valence-electron chi connectivity index (χ3n) is 5.50. The van der Waals surface area contributed by atoms with Gasteiger partial charge in [-0.15, -0.1) is 0 Å². The molecule has 4 rings (SSSR count). The van der Waals surface area contributed by atoms with Gasteiger partial charge in [0.2, 0.25) is 5.91 Å². The fourth-order valence-corrected chi connectivity index (χ4v) is 5.21. The molecule has 0 unspecified atom stereocenters. The van der Waals surface area contributed by atoms with Crippen molar-refractivity contribution < 1.29 is 14.4 Å². The lowest BCUT2D eigenvalue weighted by Gasteiger charge is -2.27. The predicted octanol–water partition coefficient (Wildman–Crippen LogP) is 4.86. The summed E-state index contributed by atoms with van der Waals surface area (Å²) in [5.41, 5.74) is 1.77. The van der Waals surface area contributed by atoms with Crippen molar-refractivity contribution in [3.05, 3.63) is 39.3 Å². The van der Waals surface area contributed by atoms with Crippen LogP contribution in [0.25, 0.3) is 17.0 Å². The molecule has 0 N–H and O–H groups in total. The standard InChI is InChI=1S/C22H24BrN3O3S/c1-2-8-26-21(28)19(30-22(26)29)11-15-13-25(18-7-6-16(23)12-17(15)18)14-20(27)24-9-4-3-5-10-24/h6-7,11-13H,2-5,8-10,14H2,1H3/b19-11-. The summed E-state index contributed by atoms with van der Waals surface area (Å²) in [6, 6.07) is 5.91. The monoisotopic (exact) mass is 489 g/mol. The number of imide groups is 1.